The molecule has 104 valence electrons. The zero-order valence-electron chi connectivity index (χ0n) is 10.4. The Morgan fingerprint density at radius 3 is 2.89 bits per heavy atom. The average Bonchev–Trinajstić information content (AvgIpc) is 2.28. The van der Waals surface area contributed by atoms with Gasteiger partial charge in [0.25, 0.3) is 0 Å². The topological polar surface area (TPSA) is 95.9 Å². The molecule has 1 aliphatic heterocycles. The molecule has 1 saturated heterocycles. The van der Waals surface area contributed by atoms with E-state index < -0.39 is 7.60 Å². The highest BCUT2D eigenvalue weighted by Crippen LogP contribution is 2.34. The van der Waals surface area contributed by atoms with Crippen molar-refractivity contribution in [3.05, 3.63) is 12.2 Å². The summed E-state index contributed by atoms with van der Waals surface area (Å²) in [5, 5.41) is 3.08. The lowest BCUT2D eigenvalue weighted by atomic mass is 9.92. The summed E-state index contributed by atoms with van der Waals surface area (Å²) in [7, 11) is -3.97. The summed E-state index contributed by atoms with van der Waals surface area (Å²) >= 11 is 0. The minimum Gasteiger partial charge on any atom is -0.465 e. The number of carbonyl (C=O) groups excluding carboxylic acids is 1. The Labute approximate surface area is 107 Å². The summed E-state index contributed by atoms with van der Waals surface area (Å²) in [6, 6.07) is -0.316. The van der Waals surface area contributed by atoms with Crippen LogP contribution in [0.1, 0.15) is 19.8 Å². The van der Waals surface area contributed by atoms with E-state index >= 15 is 0 Å². The Bertz CT molecular complexity index is 351. The molecule has 1 heterocycles. The molecule has 0 amide bonds. The SMILES string of the molecule is CCOC(=O)C1CC(/C=C/CP(=O)(O)O)CCN1. The lowest BCUT2D eigenvalue weighted by molar-refractivity contribution is -0.146. The smallest absolute Gasteiger partial charge is 0.329 e. The number of piperidine rings is 1. The molecule has 2 unspecified atom stereocenters. The third kappa shape index (κ3) is 5.78. The van der Waals surface area contributed by atoms with Crippen LogP contribution in [0.5, 0.6) is 0 Å². The van der Waals surface area contributed by atoms with E-state index in [-0.39, 0.29) is 24.1 Å². The zero-order valence-corrected chi connectivity index (χ0v) is 11.3. The molecule has 0 aromatic carbocycles. The van der Waals surface area contributed by atoms with Gasteiger partial charge >= 0.3 is 13.6 Å². The third-order valence-electron chi connectivity index (χ3n) is 2.77. The van der Waals surface area contributed by atoms with Crippen molar-refractivity contribution in [2.75, 3.05) is 19.3 Å². The predicted octanol–water partition coefficient (Wildman–Crippen LogP) is 0.652. The van der Waals surface area contributed by atoms with Crippen molar-refractivity contribution in [1.29, 1.82) is 0 Å². The van der Waals surface area contributed by atoms with Crippen LogP contribution in [0.4, 0.5) is 0 Å². The Balaban J connectivity index is 2.44. The first kappa shape index (κ1) is 15.4. The standard InChI is InChI=1S/C11H20NO5P/c1-2-17-11(13)10-8-9(5-6-12-10)4-3-7-18(14,15)16/h3-4,9-10,12H,2,5-8H2,1H3,(H2,14,15,16)/b4-3+. The van der Waals surface area contributed by atoms with E-state index in [9.17, 15) is 9.36 Å². The number of esters is 1. The van der Waals surface area contributed by atoms with Crippen LogP contribution in [0.3, 0.4) is 0 Å². The fourth-order valence-corrected chi connectivity index (χ4v) is 2.33. The molecule has 0 aromatic rings. The molecule has 1 fully saturated rings. The molecule has 0 saturated carbocycles. The van der Waals surface area contributed by atoms with Crippen molar-refractivity contribution < 1.29 is 23.9 Å². The molecule has 0 aromatic heterocycles. The Kier molecular flexibility index (Phi) is 6.02. The van der Waals surface area contributed by atoms with Gasteiger partial charge in [-0.05, 0) is 32.2 Å². The van der Waals surface area contributed by atoms with Crippen LogP contribution in [0.2, 0.25) is 0 Å². The second kappa shape index (κ2) is 7.04. The Morgan fingerprint density at radius 2 is 2.28 bits per heavy atom. The van der Waals surface area contributed by atoms with Crippen LogP contribution >= 0.6 is 7.60 Å². The molecule has 0 aliphatic carbocycles. The van der Waals surface area contributed by atoms with Gasteiger partial charge in [-0.15, -0.1) is 0 Å². The van der Waals surface area contributed by atoms with E-state index in [1.165, 1.54) is 6.08 Å². The number of ether oxygens (including phenoxy) is 1. The highest BCUT2D eigenvalue weighted by molar-refractivity contribution is 7.51. The van der Waals surface area contributed by atoms with E-state index in [1.54, 1.807) is 13.0 Å². The maximum atomic E-state index is 11.5. The lowest BCUT2D eigenvalue weighted by Gasteiger charge is -2.27. The summed E-state index contributed by atoms with van der Waals surface area (Å²) in [5.41, 5.74) is 0. The van der Waals surface area contributed by atoms with Crippen LogP contribution in [-0.2, 0) is 14.1 Å². The van der Waals surface area contributed by atoms with Gasteiger partial charge in [0.05, 0.1) is 12.8 Å². The van der Waals surface area contributed by atoms with Crippen LogP contribution in [0, 0.1) is 5.92 Å². The van der Waals surface area contributed by atoms with Crippen molar-refractivity contribution in [2.24, 2.45) is 5.92 Å². The van der Waals surface area contributed by atoms with Gasteiger partial charge in [-0.1, -0.05) is 12.2 Å². The second-order valence-corrected chi connectivity index (χ2v) is 6.01. The van der Waals surface area contributed by atoms with E-state index in [2.05, 4.69) is 5.32 Å². The van der Waals surface area contributed by atoms with Crippen molar-refractivity contribution in [3.8, 4) is 0 Å². The monoisotopic (exact) mass is 277 g/mol. The summed E-state index contributed by atoms with van der Waals surface area (Å²) in [6.07, 6.45) is 4.50. The van der Waals surface area contributed by atoms with Crippen molar-refractivity contribution in [1.82, 2.24) is 5.32 Å². The molecule has 3 N–H and O–H groups in total. The van der Waals surface area contributed by atoms with Crippen LogP contribution in [0.15, 0.2) is 12.2 Å². The van der Waals surface area contributed by atoms with E-state index in [1.807, 2.05) is 0 Å². The molecule has 1 aliphatic rings. The van der Waals surface area contributed by atoms with Crippen molar-refractivity contribution >= 4 is 13.6 Å². The van der Waals surface area contributed by atoms with Crippen molar-refractivity contribution in [2.45, 2.75) is 25.8 Å². The van der Waals surface area contributed by atoms with Gasteiger partial charge in [0.1, 0.15) is 6.04 Å². The summed E-state index contributed by atoms with van der Waals surface area (Å²) in [4.78, 5) is 29.0. The largest absolute Gasteiger partial charge is 0.465 e. The van der Waals surface area contributed by atoms with Crippen LogP contribution in [-0.4, -0.2) is 41.1 Å². The molecular formula is C11H20NO5P. The minimum absolute atomic E-state index is 0.159. The summed E-state index contributed by atoms with van der Waals surface area (Å²) in [5.74, 6) is -0.0993. The first-order valence-corrected chi connectivity index (χ1v) is 7.83. The van der Waals surface area contributed by atoms with Gasteiger partial charge in [-0.2, -0.15) is 0 Å². The first-order valence-electron chi connectivity index (χ1n) is 6.03. The Hall–Kier alpha value is -0.680. The van der Waals surface area contributed by atoms with Gasteiger partial charge < -0.3 is 19.8 Å². The molecule has 6 nitrogen and oxygen atoms in total. The molecule has 2 atom stereocenters. The Morgan fingerprint density at radius 1 is 1.56 bits per heavy atom. The molecular weight excluding hydrogens is 257 g/mol. The molecule has 0 spiro atoms. The normalized spacial score (nSPS) is 25.3. The number of hydrogen-bond donors (Lipinski definition) is 3. The van der Waals surface area contributed by atoms with Gasteiger partial charge in [-0.3, -0.25) is 9.36 Å². The average molecular weight is 277 g/mol. The summed E-state index contributed by atoms with van der Waals surface area (Å²) < 4.78 is 15.6. The van der Waals surface area contributed by atoms with Crippen molar-refractivity contribution in [3.63, 3.8) is 0 Å². The maximum Gasteiger partial charge on any atom is 0.329 e. The molecule has 1 rings (SSSR count). The zero-order chi connectivity index (χ0) is 13.6. The fourth-order valence-electron chi connectivity index (χ4n) is 1.93. The molecule has 18 heavy (non-hydrogen) atoms. The number of nitrogens with one attached hydrogen (secondary N) is 1. The quantitative estimate of drug-likeness (QED) is 0.388. The lowest BCUT2D eigenvalue weighted by Crippen LogP contribution is -2.44. The minimum atomic E-state index is -3.97. The highest BCUT2D eigenvalue weighted by Gasteiger charge is 2.26. The van der Waals surface area contributed by atoms with Gasteiger partial charge in [0.2, 0.25) is 0 Å². The predicted molar refractivity (Wildman–Crippen MR) is 67.2 cm³/mol. The highest BCUT2D eigenvalue weighted by atomic mass is 31.2. The number of hydrogen-bond acceptors (Lipinski definition) is 4. The number of rotatable bonds is 5. The fraction of sp³-hybridized carbons (Fsp3) is 0.727. The van der Waals surface area contributed by atoms with E-state index in [4.69, 9.17) is 14.5 Å². The van der Waals surface area contributed by atoms with Gasteiger partial charge in [-0.25, -0.2) is 0 Å². The van der Waals surface area contributed by atoms with Crippen LogP contribution < -0.4 is 5.32 Å². The first-order chi connectivity index (χ1) is 8.42. The van der Waals surface area contributed by atoms with E-state index in [0.717, 1.165) is 6.42 Å². The number of carbonyl (C=O) groups is 1. The summed E-state index contributed by atoms with van der Waals surface area (Å²) in [6.45, 7) is 2.82. The molecule has 0 bridgehead atoms. The van der Waals surface area contributed by atoms with Gasteiger partial charge in [0.15, 0.2) is 0 Å². The second-order valence-electron chi connectivity index (χ2n) is 4.32. The molecule has 0 radical (unpaired) electrons. The van der Waals surface area contributed by atoms with E-state index in [0.29, 0.717) is 19.6 Å². The van der Waals surface area contributed by atoms with Crippen LogP contribution in [0.25, 0.3) is 0 Å². The maximum absolute atomic E-state index is 11.5. The molecule has 7 heteroatoms. The van der Waals surface area contributed by atoms with Gasteiger partial charge in [0, 0.05) is 0 Å². The third-order valence-corrected chi connectivity index (χ3v) is 3.45. The number of allylic oxidation sites excluding steroid dienone is 2.